The molecule has 0 bridgehead atoms. The Morgan fingerprint density at radius 2 is 2.07 bits per heavy atom. The van der Waals surface area contributed by atoms with Crippen LogP contribution in [0.15, 0.2) is 23.1 Å². The third-order valence-electron chi connectivity index (χ3n) is 1.62. The first-order valence-corrected chi connectivity index (χ1v) is 5.99. The second-order valence-electron chi connectivity index (χ2n) is 2.57. The minimum absolute atomic E-state index is 0.356. The van der Waals surface area contributed by atoms with Crippen LogP contribution in [0.25, 0.3) is 0 Å². The molecule has 4 nitrogen and oxygen atoms in total. The van der Waals surface area contributed by atoms with Crippen molar-refractivity contribution in [3.63, 3.8) is 0 Å². The predicted molar refractivity (Wildman–Crippen MR) is 50.8 cm³/mol. The first kappa shape index (κ1) is 11.9. The lowest BCUT2D eigenvalue weighted by atomic mass is 10.2. The molecule has 0 saturated carbocycles. The van der Waals surface area contributed by atoms with E-state index in [0.717, 1.165) is 25.3 Å². The van der Waals surface area contributed by atoms with E-state index < -0.39 is 26.4 Å². The minimum Gasteiger partial charge on any atom is -0.465 e. The van der Waals surface area contributed by atoms with Gasteiger partial charge in [0.15, 0.2) is 0 Å². The van der Waals surface area contributed by atoms with E-state index in [9.17, 15) is 17.6 Å². The smallest absolute Gasteiger partial charge is 0.340 e. The molecule has 0 aliphatic rings. The number of carbonyl (C=O) groups is 1. The lowest BCUT2D eigenvalue weighted by Gasteiger charge is -2.02. The molecule has 1 aromatic rings. The summed E-state index contributed by atoms with van der Waals surface area (Å²) in [6.45, 7) is 0. The van der Waals surface area contributed by atoms with Gasteiger partial charge in [-0.25, -0.2) is 17.6 Å². The van der Waals surface area contributed by atoms with Crippen molar-refractivity contribution in [3.05, 3.63) is 29.6 Å². The van der Waals surface area contributed by atoms with Crippen LogP contribution < -0.4 is 0 Å². The van der Waals surface area contributed by atoms with Crippen LogP contribution in [0, 0.1) is 5.82 Å². The van der Waals surface area contributed by atoms with Crippen LogP contribution in [0.3, 0.4) is 0 Å². The molecule has 0 fully saturated rings. The van der Waals surface area contributed by atoms with Gasteiger partial charge in [-0.05, 0) is 18.2 Å². The first-order chi connectivity index (χ1) is 6.86. The first-order valence-electron chi connectivity index (χ1n) is 3.69. The molecule has 82 valence electrons. The van der Waals surface area contributed by atoms with Gasteiger partial charge in [0.1, 0.15) is 5.82 Å². The zero-order valence-corrected chi connectivity index (χ0v) is 9.10. The summed E-state index contributed by atoms with van der Waals surface area (Å²) in [4.78, 5) is 10.7. The summed E-state index contributed by atoms with van der Waals surface area (Å²) in [5, 5.41) is 0. The zero-order valence-electron chi connectivity index (χ0n) is 7.53. The SMILES string of the molecule is COC(=O)c1cc(S(=O)(=O)Cl)ccc1F. The average molecular weight is 253 g/mol. The van der Waals surface area contributed by atoms with Crippen molar-refractivity contribution in [2.75, 3.05) is 7.11 Å². The Morgan fingerprint density at radius 1 is 1.47 bits per heavy atom. The Bertz CT molecular complexity index is 497. The summed E-state index contributed by atoms with van der Waals surface area (Å²) in [5.41, 5.74) is -0.473. The number of carbonyl (C=O) groups excluding carboxylic acids is 1. The fourth-order valence-corrected chi connectivity index (χ4v) is 1.70. The molecule has 1 aromatic carbocycles. The summed E-state index contributed by atoms with van der Waals surface area (Å²) in [5.74, 6) is -1.83. The van der Waals surface area contributed by atoms with Crippen LogP contribution in [0.2, 0.25) is 0 Å². The number of hydrogen-bond donors (Lipinski definition) is 0. The van der Waals surface area contributed by atoms with Crippen LogP contribution >= 0.6 is 10.7 Å². The fraction of sp³-hybridized carbons (Fsp3) is 0.125. The number of halogens is 2. The highest BCUT2D eigenvalue weighted by atomic mass is 35.7. The van der Waals surface area contributed by atoms with E-state index >= 15 is 0 Å². The van der Waals surface area contributed by atoms with Gasteiger partial charge in [0.25, 0.3) is 9.05 Å². The van der Waals surface area contributed by atoms with Gasteiger partial charge in [-0.3, -0.25) is 0 Å². The van der Waals surface area contributed by atoms with E-state index in [1.807, 2.05) is 0 Å². The normalized spacial score (nSPS) is 11.1. The maximum absolute atomic E-state index is 13.1. The highest BCUT2D eigenvalue weighted by Crippen LogP contribution is 2.19. The van der Waals surface area contributed by atoms with Crippen molar-refractivity contribution in [3.8, 4) is 0 Å². The summed E-state index contributed by atoms with van der Waals surface area (Å²) >= 11 is 0. The third-order valence-corrected chi connectivity index (χ3v) is 2.98. The predicted octanol–water partition coefficient (Wildman–Crippen LogP) is 1.54. The standard InChI is InChI=1S/C8H6ClFO4S/c1-14-8(11)6-4-5(15(9,12)13)2-3-7(6)10/h2-4H,1H3. The number of ether oxygens (including phenoxy) is 1. The van der Waals surface area contributed by atoms with E-state index in [1.54, 1.807) is 0 Å². The number of methoxy groups -OCH3 is 1. The molecule has 15 heavy (non-hydrogen) atoms. The van der Waals surface area contributed by atoms with E-state index in [0.29, 0.717) is 0 Å². The molecule has 0 heterocycles. The van der Waals surface area contributed by atoms with Gasteiger partial charge in [-0.2, -0.15) is 0 Å². The van der Waals surface area contributed by atoms with E-state index in [-0.39, 0.29) is 4.90 Å². The third kappa shape index (κ3) is 2.66. The van der Waals surface area contributed by atoms with Gasteiger partial charge in [0.2, 0.25) is 0 Å². The summed E-state index contributed by atoms with van der Waals surface area (Å²) < 4.78 is 39.1. The van der Waals surface area contributed by atoms with Crippen molar-refractivity contribution in [1.82, 2.24) is 0 Å². The Hall–Kier alpha value is -1.14. The Kier molecular flexibility index (Phi) is 3.31. The molecular weight excluding hydrogens is 247 g/mol. The molecule has 0 unspecified atom stereocenters. The summed E-state index contributed by atoms with van der Waals surface area (Å²) in [6, 6.07) is 2.62. The highest BCUT2D eigenvalue weighted by molar-refractivity contribution is 8.13. The molecule has 0 aliphatic carbocycles. The van der Waals surface area contributed by atoms with Crippen LogP contribution in [-0.4, -0.2) is 21.5 Å². The zero-order chi connectivity index (χ0) is 11.6. The fourth-order valence-electron chi connectivity index (χ4n) is 0.922. The molecule has 0 saturated heterocycles. The molecule has 0 amide bonds. The highest BCUT2D eigenvalue weighted by Gasteiger charge is 2.17. The van der Waals surface area contributed by atoms with Crippen LogP contribution in [0.4, 0.5) is 4.39 Å². The largest absolute Gasteiger partial charge is 0.465 e. The Morgan fingerprint density at radius 3 is 2.53 bits per heavy atom. The average Bonchev–Trinajstić information content (AvgIpc) is 2.15. The molecule has 0 atom stereocenters. The number of rotatable bonds is 2. The number of benzene rings is 1. The lowest BCUT2D eigenvalue weighted by Crippen LogP contribution is -2.06. The van der Waals surface area contributed by atoms with Crippen molar-refractivity contribution in [2.24, 2.45) is 0 Å². The van der Waals surface area contributed by atoms with Gasteiger partial charge in [0, 0.05) is 10.7 Å². The summed E-state index contributed by atoms with van der Waals surface area (Å²) in [7, 11) is 2.10. The second-order valence-corrected chi connectivity index (χ2v) is 5.14. The maximum atomic E-state index is 13.1. The molecule has 0 N–H and O–H groups in total. The number of hydrogen-bond acceptors (Lipinski definition) is 4. The van der Waals surface area contributed by atoms with Gasteiger partial charge >= 0.3 is 5.97 Å². The van der Waals surface area contributed by atoms with Crippen molar-refractivity contribution < 1.29 is 22.3 Å². The number of esters is 1. The van der Waals surface area contributed by atoms with Gasteiger partial charge in [-0.1, -0.05) is 0 Å². The molecule has 0 radical (unpaired) electrons. The van der Waals surface area contributed by atoms with Crippen LogP contribution in [0.5, 0.6) is 0 Å². The van der Waals surface area contributed by atoms with Gasteiger partial charge < -0.3 is 4.74 Å². The molecule has 1 rings (SSSR count). The maximum Gasteiger partial charge on any atom is 0.340 e. The van der Waals surface area contributed by atoms with E-state index in [4.69, 9.17) is 10.7 Å². The van der Waals surface area contributed by atoms with Gasteiger partial charge in [0.05, 0.1) is 17.6 Å². The van der Waals surface area contributed by atoms with Gasteiger partial charge in [-0.15, -0.1) is 0 Å². The molecule has 7 heteroatoms. The topological polar surface area (TPSA) is 60.4 Å². The minimum atomic E-state index is -3.99. The Balaban J connectivity index is 3.36. The van der Waals surface area contributed by atoms with Crippen molar-refractivity contribution in [1.29, 1.82) is 0 Å². The quantitative estimate of drug-likeness (QED) is 0.592. The molecular formula is C8H6ClFO4S. The van der Waals surface area contributed by atoms with E-state index in [1.165, 1.54) is 0 Å². The monoisotopic (exact) mass is 252 g/mol. The summed E-state index contributed by atoms with van der Waals surface area (Å²) in [6.07, 6.45) is 0. The van der Waals surface area contributed by atoms with Crippen LogP contribution in [-0.2, 0) is 13.8 Å². The van der Waals surface area contributed by atoms with Crippen molar-refractivity contribution >= 4 is 25.7 Å². The van der Waals surface area contributed by atoms with E-state index in [2.05, 4.69) is 4.74 Å². The van der Waals surface area contributed by atoms with Crippen molar-refractivity contribution in [2.45, 2.75) is 4.90 Å². The van der Waals surface area contributed by atoms with Crippen LogP contribution in [0.1, 0.15) is 10.4 Å². The lowest BCUT2D eigenvalue weighted by molar-refractivity contribution is 0.0595. The molecule has 0 spiro atoms. The Labute approximate surface area is 90.0 Å². The molecule has 0 aliphatic heterocycles. The second kappa shape index (κ2) is 4.16. The molecule has 0 aromatic heterocycles.